The second kappa shape index (κ2) is 2.71. The molecule has 3 nitrogen and oxygen atoms in total. The van der Waals surface area contributed by atoms with Gasteiger partial charge in [-0.25, -0.2) is 0 Å². The van der Waals surface area contributed by atoms with E-state index >= 15 is 0 Å². The molecule has 0 aliphatic rings. The summed E-state index contributed by atoms with van der Waals surface area (Å²) in [5, 5.41) is 10.5. The fraction of sp³-hybridized carbons (Fsp3) is 0.750. The molecule has 0 atom stereocenters. The summed E-state index contributed by atoms with van der Waals surface area (Å²) < 4.78 is 0. The van der Waals surface area contributed by atoms with Gasteiger partial charge in [-0.15, -0.1) is 0 Å². The van der Waals surface area contributed by atoms with Crippen LogP contribution in [-0.2, 0) is 4.79 Å². The smallest absolute Gasteiger partial charge is 0.142 e. The molecule has 7 heavy (non-hydrogen) atoms. The van der Waals surface area contributed by atoms with E-state index in [0.717, 1.165) is 0 Å². The molecule has 0 amide bonds. The van der Waals surface area contributed by atoms with Crippen LogP contribution in [0.5, 0.6) is 0 Å². The minimum absolute atomic E-state index is 0. The van der Waals surface area contributed by atoms with Crippen molar-refractivity contribution in [2.45, 2.75) is 6.92 Å². The molecule has 0 aromatic carbocycles. The van der Waals surface area contributed by atoms with E-state index in [4.69, 9.17) is 0 Å². The van der Waals surface area contributed by atoms with Crippen molar-refractivity contribution in [3.63, 3.8) is 0 Å². The zero-order valence-corrected chi connectivity index (χ0v) is 4.47. The lowest BCUT2D eigenvalue weighted by atomic mass is 10.4. The fourth-order valence-electron chi connectivity index (χ4n) is 0.314. The average molecular weight is 102 g/mol. The van der Waals surface area contributed by atoms with Crippen molar-refractivity contribution < 1.29 is 4.79 Å². The van der Waals surface area contributed by atoms with E-state index in [1.165, 1.54) is 14.0 Å². The molecular formula is C4H8NO2-. The predicted octanol–water partition coefficient (Wildman–Crippen LogP) is 0.00500. The average Bonchev–Trinajstić information content (AvgIpc) is 1.27. The zero-order valence-electron chi connectivity index (χ0n) is 4.47. The van der Waals surface area contributed by atoms with Crippen LogP contribution in [0.25, 0.3) is 0 Å². The molecule has 42 valence electrons. The van der Waals surface area contributed by atoms with E-state index in [9.17, 15) is 10.0 Å². The Kier molecular flexibility index (Phi) is 2.55. The largest absolute Gasteiger partial charge is 0.785 e. The van der Waals surface area contributed by atoms with Crippen LogP contribution in [-0.4, -0.2) is 24.4 Å². The molecule has 0 rings (SSSR count). The Labute approximate surface area is 42.5 Å². The van der Waals surface area contributed by atoms with Gasteiger partial charge < -0.3 is 10.3 Å². The Morgan fingerprint density at radius 1 is 1.86 bits per heavy atom. The third-order valence-electron chi connectivity index (χ3n) is 0.445. The highest BCUT2D eigenvalue weighted by atomic mass is 16.5. The number of Topliss-reactive ketones (excluding diaryl/α,β-unsaturated/α-hetero) is 1. The topological polar surface area (TPSA) is 43.4 Å². The van der Waals surface area contributed by atoms with Crippen molar-refractivity contribution in [3.8, 4) is 0 Å². The van der Waals surface area contributed by atoms with Gasteiger partial charge in [0.05, 0.1) is 0 Å². The summed E-state index contributed by atoms with van der Waals surface area (Å²) in [6, 6.07) is 0. The van der Waals surface area contributed by atoms with Crippen LogP contribution in [0.1, 0.15) is 6.92 Å². The van der Waals surface area contributed by atoms with Crippen LogP contribution in [0, 0.1) is 5.21 Å². The van der Waals surface area contributed by atoms with Crippen LogP contribution in [0.15, 0.2) is 0 Å². The molecule has 0 fully saturated rings. The monoisotopic (exact) mass is 102 g/mol. The second-order valence-corrected chi connectivity index (χ2v) is 1.49. The van der Waals surface area contributed by atoms with Crippen molar-refractivity contribution in [1.29, 1.82) is 0 Å². The number of carbonyl (C=O) groups is 1. The Morgan fingerprint density at radius 2 is 2.29 bits per heavy atom. The first-order valence-electron chi connectivity index (χ1n) is 2.00. The number of rotatable bonds is 2. The van der Waals surface area contributed by atoms with E-state index in [2.05, 4.69) is 0 Å². The number of ketones is 1. The molecule has 0 heterocycles. The Bertz CT molecular complexity index is 70.1. The SMILES string of the molecule is CC(=O)CN(C)[O-]. The molecule has 0 radical (unpaired) electrons. The molecule has 0 saturated carbocycles. The highest BCUT2D eigenvalue weighted by Crippen LogP contribution is 1.74. The number of hydroxylamine groups is 2. The number of carbonyl (C=O) groups excluding carboxylic acids is 1. The quantitative estimate of drug-likeness (QED) is 0.461. The molecule has 0 aliphatic heterocycles. The van der Waals surface area contributed by atoms with Gasteiger partial charge in [0.1, 0.15) is 5.78 Å². The molecule has 0 saturated heterocycles. The zero-order chi connectivity index (χ0) is 5.86. The van der Waals surface area contributed by atoms with Crippen LogP contribution in [0.2, 0.25) is 0 Å². The van der Waals surface area contributed by atoms with Crippen molar-refractivity contribution in [2.24, 2.45) is 0 Å². The summed E-state index contributed by atoms with van der Waals surface area (Å²) in [5.74, 6) is -0.0995. The summed E-state index contributed by atoms with van der Waals surface area (Å²) >= 11 is 0. The number of hydrogen-bond acceptors (Lipinski definition) is 3. The Balaban J connectivity index is 3.13. The Morgan fingerprint density at radius 3 is 2.29 bits per heavy atom. The third-order valence-corrected chi connectivity index (χ3v) is 0.445. The Hall–Kier alpha value is -0.410. The van der Waals surface area contributed by atoms with Gasteiger partial charge in [0.25, 0.3) is 0 Å². The summed E-state index contributed by atoms with van der Waals surface area (Å²) in [4.78, 5) is 10.0. The van der Waals surface area contributed by atoms with Crippen LogP contribution < -0.4 is 0 Å². The van der Waals surface area contributed by atoms with E-state index in [1.54, 1.807) is 0 Å². The van der Waals surface area contributed by atoms with E-state index in [-0.39, 0.29) is 12.3 Å². The van der Waals surface area contributed by atoms with Crippen molar-refractivity contribution in [3.05, 3.63) is 5.21 Å². The van der Waals surface area contributed by atoms with E-state index in [1.807, 2.05) is 0 Å². The molecule has 0 aromatic rings. The summed E-state index contributed by atoms with van der Waals surface area (Å²) in [6.07, 6.45) is 0. The first-order valence-corrected chi connectivity index (χ1v) is 2.00. The maximum atomic E-state index is 10.0. The molecule has 0 bridgehead atoms. The first kappa shape index (κ1) is 6.59. The number of hydrogen-bond donors (Lipinski definition) is 0. The molecule has 3 heteroatoms. The maximum Gasteiger partial charge on any atom is 0.142 e. The molecule has 0 aliphatic carbocycles. The highest BCUT2D eigenvalue weighted by Gasteiger charge is 1.86. The highest BCUT2D eigenvalue weighted by molar-refractivity contribution is 5.77. The molecular weight excluding hydrogens is 94.0 g/mol. The summed E-state index contributed by atoms with van der Waals surface area (Å²) in [7, 11) is 1.32. The van der Waals surface area contributed by atoms with Gasteiger partial charge in [-0.2, -0.15) is 0 Å². The molecule has 0 spiro atoms. The lowest BCUT2D eigenvalue weighted by Crippen LogP contribution is -2.16. The minimum Gasteiger partial charge on any atom is -0.785 e. The lowest BCUT2D eigenvalue weighted by Gasteiger charge is -2.18. The van der Waals surface area contributed by atoms with Gasteiger partial charge in [-0.3, -0.25) is 4.79 Å². The van der Waals surface area contributed by atoms with Crippen molar-refractivity contribution >= 4 is 5.78 Å². The van der Waals surface area contributed by atoms with Crippen molar-refractivity contribution in [2.75, 3.05) is 13.6 Å². The summed E-state index contributed by atoms with van der Waals surface area (Å²) in [5.41, 5.74) is 0. The first-order chi connectivity index (χ1) is 3.13. The van der Waals surface area contributed by atoms with Crippen LogP contribution in [0.4, 0.5) is 0 Å². The maximum absolute atomic E-state index is 10.0. The van der Waals surface area contributed by atoms with Gasteiger partial charge >= 0.3 is 0 Å². The molecule has 0 unspecified atom stereocenters. The van der Waals surface area contributed by atoms with Gasteiger partial charge in [-0.1, -0.05) is 0 Å². The normalized spacial score (nSPS) is 9.71. The fourth-order valence-corrected chi connectivity index (χ4v) is 0.314. The van der Waals surface area contributed by atoms with Gasteiger partial charge in [-0.05, 0) is 14.0 Å². The van der Waals surface area contributed by atoms with Crippen LogP contribution in [0.3, 0.4) is 0 Å². The van der Waals surface area contributed by atoms with Crippen molar-refractivity contribution in [1.82, 2.24) is 5.06 Å². The summed E-state index contributed by atoms with van der Waals surface area (Å²) in [6.45, 7) is 1.38. The third kappa shape index (κ3) is 5.59. The lowest BCUT2D eigenvalue weighted by molar-refractivity contribution is -0.117. The molecule has 0 aromatic heterocycles. The van der Waals surface area contributed by atoms with Gasteiger partial charge in [0.2, 0.25) is 0 Å². The second-order valence-electron chi connectivity index (χ2n) is 1.49. The van der Waals surface area contributed by atoms with E-state index in [0.29, 0.717) is 5.06 Å². The number of nitrogens with zero attached hydrogens (tertiary/aromatic N) is 1. The van der Waals surface area contributed by atoms with E-state index < -0.39 is 0 Å². The van der Waals surface area contributed by atoms with Gasteiger partial charge in [0.15, 0.2) is 0 Å². The standard InChI is InChI=1S/C4H8NO2/c1-4(6)3-5(2)7/h3H2,1-2H3/q-1. The van der Waals surface area contributed by atoms with Crippen LogP contribution >= 0.6 is 0 Å². The van der Waals surface area contributed by atoms with Gasteiger partial charge in [0, 0.05) is 6.54 Å². The minimum atomic E-state index is -0.0995. The predicted molar refractivity (Wildman–Crippen MR) is 26.7 cm³/mol. The molecule has 0 N–H and O–H groups in total. The number of likely N-dealkylation sites (N-methyl/N-ethyl adjacent to an activating group) is 1.